The van der Waals surface area contributed by atoms with Gasteiger partial charge in [0.05, 0.1) is 9.84 Å². The average molecular weight is 306 g/mol. The van der Waals surface area contributed by atoms with Crippen LogP contribution in [0.3, 0.4) is 0 Å². The van der Waals surface area contributed by atoms with Gasteiger partial charge in [0.2, 0.25) is 0 Å². The number of hydrogen-bond donors (Lipinski definition) is 0. The Kier molecular flexibility index (Phi) is 9.51. The molecule has 0 bridgehead atoms. The fourth-order valence-electron chi connectivity index (χ4n) is 2.15. The second-order valence-corrected chi connectivity index (χ2v) is 6.97. The van der Waals surface area contributed by atoms with Crippen molar-refractivity contribution in [3.63, 3.8) is 0 Å². The molecule has 0 heterocycles. The molecule has 0 N–H and O–H groups in total. The van der Waals surface area contributed by atoms with Crippen LogP contribution in [0.25, 0.3) is 0 Å². The Bertz CT molecular complexity index is 488. The Balaban J connectivity index is 0.00000400. The fraction of sp³-hybridized carbons (Fsp3) is 0.533. The first-order valence-corrected chi connectivity index (χ1v) is 8.18. The van der Waals surface area contributed by atoms with Gasteiger partial charge in [-0.3, -0.25) is 8.42 Å². The van der Waals surface area contributed by atoms with Crippen LogP contribution in [0.15, 0.2) is 35.2 Å². The summed E-state index contributed by atoms with van der Waals surface area (Å²) in [7, 11) is -1.86. The maximum atomic E-state index is 12.3. The van der Waals surface area contributed by atoms with Gasteiger partial charge in [-0.05, 0) is 18.1 Å². The molecule has 0 saturated carbocycles. The second kappa shape index (κ2) is 9.65. The summed E-state index contributed by atoms with van der Waals surface area (Å²) in [5, 5.41) is 0. The van der Waals surface area contributed by atoms with Crippen LogP contribution >= 0.6 is 0 Å². The van der Waals surface area contributed by atoms with Gasteiger partial charge < -0.3 is 9.47 Å². The SMILES string of the molecule is COCO[C@@H](C(C)C)[C@@H](C)[CH-]S(=O)(=O)c1ccccc1.[Li+]. The standard InChI is InChI=1S/C15H23O4S.Li/c1-12(2)15(19-11-18-4)13(3)10-20(16,17)14-8-6-5-7-9-14;/h5-10,12-13,15H,11H2,1-4H3;/q-1;+1/t13-,15-;/m0./s1. The summed E-state index contributed by atoms with van der Waals surface area (Å²) in [6.07, 6.45) is -0.201. The molecule has 0 radical (unpaired) electrons. The number of sulfone groups is 1. The van der Waals surface area contributed by atoms with E-state index in [2.05, 4.69) is 0 Å². The molecule has 21 heavy (non-hydrogen) atoms. The van der Waals surface area contributed by atoms with Crippen molar-refractivity contribution in [3.8, 4) is 0 Å². The number of benzene rings is 1. The molecule has 0 unspecified atom stereocenters. The van der Waals surface area contributed by atoms with E-state index in [0.29, 0.717) is 4.90 Å². The normalized spacial score (nSPS) is 14.5. The molecular formula is C15H23LiO4S. The molecule has 1 rings (SSSR count). The average Bonchev–Trinajstić information content (AvgIpc) is 2.39. The van der Waals surface area contributed by atoms with E-state index in [-0.39, 0.29) is 43.6 Å². The Labute approximate surface area is 140 Å². The maximum absolute atomic E-state index is 12.3. The molecule has 2 atom stereocenters. The van der Waals surface area contributed by atoms with E-state index in [1.54, 1.807) is 37.4 Å². The van der Waals surface area contributed by atoms with Gasteiger partial charge in [0.25, 0.3) is 0 Å². The van der Waals surface area contributed by atoms with Crippen LogP contribution in [0.1, 0.15) is 20.8 Å². The summed E-state index contributed by atoms with van der Waals surface area (Å²) in [6, 6.07) is 8.42. The van der Waals surface area contributed by atoms with Crippen LogP contribution in [0.4, 0.5) is 0 Å². The number of ether oxygens (including phenoxy) is 2. The molecule has 1 aromatic carbocycles. The zero-order chi connectivity index (χ0) is 15.2. The van der Waals surface area contributed by atoms with Crippen LogP contribution in [-0.2, 0) is 19.3 Å². The summed E-state index contributed by atoms with van der Waals surface area (Å²) < 4.78 is 35.1. The molecule has 4 nitrogen and oxygen atoms in total. The minimum absolute atomic E-state index is 0. The van der Waals surface area contributed by atoms with Crippen LogP contribution in [-0.4, -0.2) is 28.4 Å². The van der Waals surface area contributed by atoms with Crippen molar-refractivity contribution in [2.75, 3.05) is 13.9 Å². The van der Waals surface area contributed by atoms with E-state index in [0.717, 1.165) is 0 Å². The smallest absolute Gasteiger partial charge is 0.359 e. The second-order valence-electron chi connectivity index (χ2n) is 5.14. The van der Waals surface area contributed by atoms with Gasteiger partial charge in [0, 0.05) is 18.1 Å². The molecule has 0 aliphatic rings. The maximum Gasteiger partial charge on any atom is 1.00 e. The van der Waals surface area contributed by atoms with Crippen molar-refractivity contribution in [1.29, 1.82) is 0 Å². The summed E-state index contributed by atoms with van der Waals surface area (Å²) in [6.45, 7) is 6.01. The Morgan fingerprint density at radius 2 is 1.71 bits per heavy atom. The molecular weight excluding hydrogens is 283 g/mol. The number of rotatable bonds is 8. The zero-order valence-electron chi connectivity index (χ0n) is 13.4. The summed E-state index contributed by atoms with van der Waals surface area (Å²) in [5.41, 5.74) is 0. The topological polar surface area (TPSA) is 52.6 Å². The first-order valence-electron chi connectivity index (χ1n) is 6.64. The molecule has 0 amide bonds. The van der Waals surface area contributed by atoms with Gasteiger partial charge >= 0.3 is 18.9 Å². The molecule has 0 fully saturated rings. The predicted octanol–water partition coefficient (Wildman–Crippen LogP) is -0.0927. The third kappa shape index (κ3) is 6.54. The number of methoxy groups -OCH3 is 1. The fourth-order valence-corrected chi connectivity index (χ4v) is 3.56. The Hall–Kier alpha value is -0.313. The minimum Gasteiger partial charge on any atom is -0.359 e. The molecule has 1 aromatic rings. The van der Waals surface area contributed by atoms with Gasteiger partial charge in [0.1, 0.15) is 6.79 Å². The van der Waals surface area contributed by atoms with E-state index in [1.807, 2.05) is 20.8 Å². The van der Waals surface area contributed by atoms with Gasteiger partial charge in [-0.2, -0.15) is 5.75 Å². The van der Waals surface area contributed by atoms with Crippen molar-refractivity contribution >= 4 is 9.84 Å². The first-order chi connectivity index (χ1) is 9.38. The molecule has 0 aliphatic carbocycles. The summed E-state index contributed by atoms with van der Waals surface area (Å²) in [5.74, 6) is 1.33. The molecule has 0 aromatic heterocycles. The van der Waals surface area contributed by atoms with Crippen LogP contribution in [0, 0.1) is 17.6 Å². The van der Waals surface area contributed by atoms with E-state index >= 15 is 0 Å². The van der Waals surface area contributed by atoms with Gasteiger partial charge in [-0.25, -0.2) is 0 Å². The van der Waals surface area contributed by atoms with Gasteiger partial charge in [-0.1, -0.05) is 39.0 Å². The molecule has 114 valence electrons. The molecule has 0 spiro atoms. The third-order valence-corrected chi connectivity index (χ3v) is 4.74. The van der Waals surface area contributed by atoms with E-state index in [9.17, 15) is 8.42 Å². The van der Waals surface area contributed by atoms with Crippen molar-refractivity contribution in [2.24, 2.45) is 11.8 Å². The summed E-state index contributed by atoms with van der Waals surface area (Å²) >= 11 is 0. The van der Waals surface area contributed by atoms with Crippen molar-refractivity contribution < 1.29 is 36.8 Å². The van der Waals surface area contributed by atoms with Crippen molar-refractivity contribution in [1.82, 2.24) is 0 Å². The Morgan fingerprint density at radius 1 is 1.14 bits per heavy atom. The first kappa shape index (κ1) is 20.7. The van der Waals surface area contributed by atoms with Crippen LogP contribution in [0.2, 0.25) is 0 Å². The van der Waals surface area contributed by atoms with Gasteiger partial charge in [-0.15, -0.1) is 5.92 Å². The van der Waals surface area contributed by atoms with E-state index in [4.69, 9.17) is 9.47 Å². The summed E-state index contributed by atoms with van der Waals surface area (Å²) in [4.78, 5) is 0.307. The third-order valence-electron chi connectivity index (χ3n) is 3.02. The quantitative estimate of drug-likeness (QED) is 0.383. The van der Waals surface area contributed by atoms with E-state index in [1.165, 1.54) is 5.75 Å². The monoisotopic (exact) mass is 306 g/mol. The molecule has 6 heteroatoms. The predicted molar refractivity (Wildman–Crippen MR) is 78.7 cm³/mol. The van der Waals surface area contributed by atoms with Crippen molar-refractivity contribution in [3.05, 3.63) is 36.1 Å². The molecule has 0 aliphatic heterocycles. The van der Waals surface area contributed by atoms with Crippen molar-refractivity contribution in [2.45, 2.75) is 31.8 Å². The molecule has 0 saturated heterocycles. The van der Waals surface area contributed by atoms with Gasteiger partial charge in [0.15, 0.2) is 0 Å². The van der Waals surface area contributed by atoms with Crippen LogP contribution < -0.4 is 18.9 Å². The van der Waals surface area contributed by atoms with Crippen LogP contribution in [0.5, 0.6) is 0 Å². The zero-order valence-corrected chi connectivity index (χ0v) is 14.3. The minimum atomic E-state index is -3.41. The van der Waals surface area contributed by atoms with E-state index < -0.39 is 9.84 Å². The number of hydrogen-bond acceptors (Lipinski definition) is 4. The largest absolute Gasteiger partial charge is 1.00 e. The Morgan fingerprint density at radius 3 is 2.19 bits per heavy atom.